The topological polar surface area (TPSA) is 64.7 Å². The van der Waals surface area contributed by atoms with Gasteiger partial charge in [-0.15, -0.1) is 0 Å². The molecular weight excluding hydrogens is 260 g/mol. The fourth-order valence-corrected chi connectivity index (χ4v) is 2.21. The Labute approximate surface area is 115 Å². The third kappa shape index (κ3) is 2.11. The van der Waals surface area contributed by atoms with Crippen LogP contribution in [0.4, 0.5) is 5.95 Å². The molecule has 3 rings (SSSR count). The minimum absolute atomic E-state index is 0.211. The molecule has 4 nitrogen and oxygen atoms in total. The minimum Gasteiger partial charge on any atom is -0.368 e. The molecule has 0 fully saturated rings. The summed E-state index contributed by atoms with van der Waals surface area (Å²) < 4.78 is 0. The number of aromatic nitrogens is 3. The number of benzene rings is 1. The highest BCUT2D eigenvalue weighted by Crippen LogP contribution is 2.28. The number of aryl methyl sites for hydroxylation is 1. The van der Waals surface area contributed by atoms with Crippen LogP contribution in [0.15, 0.2) is 36.7 Å². The molecule has 0 spiro atoms. The summed E-state index contributed by atoms with van der Waals surface area (Å²) in [6.45, 7) is 2.05. The van der Waals surface area contributed by atoms with Crippen LogP contribution in [0.5, 0.6) is 0 Å². The molecule has 2 N–H and O–H groups in total. The first-order valence-corrected chi connectivity index (χ1v) is 6.17. The lowest BCUT2D eigenvalue weighted by Gasteiger charge is -2.07. The Kier molecular flexibility index (Phi) is 2.80. The summed E-state index contributed by atoms with van der Waals surface area (Å²) in [7, 11) is 0. The summed E-state index contributed by atoms with van der Waals surface area (Å²) >= 11 is 6.13. The van der Waals surface area contributed by atoms with Crippen LogP contribution in [0.2, 0.25) is 5.02 Å². The van der Waals surface area contributed by atoms with Gasteiger partial charge >= 0.3 is 0 Å². The van der Waals surface area contributed by atoms with Crippen molar-refractivity contribution < 1.29 is 0 Å². The molecular formula is C14H11ClN4. The van der Waals surface area contributed by atoms with Gasteiger partial charge in [-0.25, -0.2) is 9.97 Å². The molecule has 0 saturated heterocycles. The molecule has 0 unspecified atom stereocenters. The van der Waals surface area contributed by atoms with E-state index in [0.717, 1.165) is 22.0 Å². The summed E-state index contributed by atoms with van der Waals surface area (Å²) in [6.07, 6.45) is 3.31. The Morgan fingerprint density at radius 2 is 2.00 bits per heavy atom. The van der Waals surface area contributed by atoms with Crippen molar-refractivity contribution in [2.75, 3.05) is 5.73 Å². The molecule has 0 bridgehead atoms. The molecule has 0 atom stereocenters. The number of hydrogen-bond acceptors (Lipinski definition) is 4. The first-order valence-electron chi connectivity index (χ1n) is 5.79. The molecule has 19 heavy (non-hydrogen) atoms. The van der Waals surface area contributed by atoms with Crippen molar-refractivity contribution in [2.24, 2.45) is 0 Å². The smallest absolute Gasteiger partial charge is 0.220 e. The van der Waals surface area contributed by atoms with Gasteiger partial charge < -0.3 is 5.73 Å². The number of fused-ring (bicyclic) bond motifs is 1. The molecule has 2 heterocycles. The van der Waals surface area contributed by atoms with Crippen LogP contribution in [0, 0.1) is 6.92 Å². The van der Waals surface area contributed by atoms with Crippen molar-refractivity contribution in [3.8, 4) is 11.3 Å². The Bertz CT molecular complexity index is 770. The Hall–Kier alpha value is -2.20. The first-order chi connectivity index (χ1) is 9.15. The van der Waals surface area contributed by atoms with Gasteiger partial charge in [-0.2, -0.15) is 0 Å². The SMILES string of the molecule is Cc1ccnc2ccc(-c3nc(N)ncc3Cl)cc12. The molecule has 3 aromatic rings. The molecule has 0 aliphatic rings. The molecule has 5 heteroatoms. The normalized spacial score (nSPS) is 10.8. The van der Waals surface area contributed by atoms with Gasteiger partial charge in [0.1, 0.15) is 0 Å². The number of nitrogen functional groups attached to an aromatic ring is 1. The van der Waals surface area contributed by atoms with Crippen molar-refractivity contribution >= 4 is 28.5 Å². The lowest BCUT2D eigenvalue weighted by Crippen LogP contribution is -1.96. The zero-order chi connectivity index (χ0) is 13.4. The van der Waals surface area contributed by atoms with E-state index in [9.17, 15) is 0 Å². The van der Waals surface area contributed by atoms with E-state index in [2.05, 4.69) is 15.0 Å². The predicted octanol–water partition coefficient (Wildman–Crippen LogP) is 3.24. The van der Waals surface area contributed by atoms with Crippen LogP contribution in [0.1, 0.15) is 5.56 Å². The molecule has 0 amide bonds. The van der Waals surface area contributed by atoms with Gasteiger partial charge in [0.25, 0.3) is 0 Å². The second-order valence-corrected chi connectivity index (χ2v) is 4.69. The standard InChI is InChI=1S/C14H11ClN4/c1-8-4-5-17-12-3-2-9(6-10(8)12)13-11(15)7-18-14(16)19-13/h2-7H,1H3,(H2,16,18,19). The first kappa shape index (κ1) is 11.9. The average molecular weight is 271 g/mol. The van der Waals surface area contributed by atoms with E-state index in [-0.39, 0.29) is 5.95 Å². The molecule has 0 radical (unpaired) electrons. The number of halogens is 1. The maximum atomic E-state index is 6.13. The summed E-state index contributed by atoms with van der Waals surface area (Å²) in [6, 6.07) is 7.88. The molecule has 0 aliphatic carbocycles. The minimum atomic E-state index is 0.211. The van der Waals surface area contributed by atoms with Crippen molar-refractivity contribution in [3.63, 3.8) is 0 Å². The van der Waals surface area contributed by atoms with E-state index < -0.39 is 0 Å². The summed E-state index contributed by atoms with van der Waals surface area (Å²) in [5.41, 5.74) is 9.26. The van der Waals surface area contributed by atoms with Crippen LogP contribution >= 0.6 is 11.6 Å². The van der Waals surface area contributed by atoms with Gasteiger partial charge in [0.15, 0.2) is 0 Å². The maximum Gasteiger partial charge on any atom is 0.220 e. The Morgan fingerprint density at radius 1 is 1.16 bits per heavy atom. The molecule has 94 valence electrons. The van der Waals surface area contributed by atoms with Crippen molar-refractivity contribution in [1.29, 1.82) is 0 Å². The predicted molar refractivity (Wildman–Crippen MR) is 76.9 cm³/mol. The number of nitrogens with zero attached hydrogens (tertiary/aromatic N) is 3. The molecule has 0 saturated carbocycles. The van der Waals surface area contributed by atoms with Gasteiger partial charge in [0, 0.05) is 17.1 Å². The van der Waals surface area contributed by atoms with E-state index in [1.807, 2.05) is 31.2 Å². The number of hydrogen-bond donors (Lipinski definition) is 1. The van der Waals surface area contributed by atoms with Crippen molar-refractivity contribution in [3.05, 3.63) is 47.2 Å². The third-order valence-corrected chi connectivity index (χ3v) is 3.27. The fraction of sp³-hybridized carbons (Fsp3) is 0.0714. The Morgan fingerprint density at radius 3 is 2.84 bits per heavy atom. The summed E-state index contributed by atoms with van der Waals surface area (Å²) in [5, 5.41) is 1.56. The van der Waals surface area contributed by atoms with Gasteiger partial charge in [0.2, 0.25) is 5.95 Å². The molecule has 2 aromatic heterocycles. The van der Waals surface area contributed by atoms with E-state index in [0.29, 0.717) is 10.7 Å². The van der Waals surface area contributed by atoms with Crippen LogP contribution in [-0.2, 0) is 0 Å². The lowest BCUT2D eigenvalue weighted by atomic mass is 10.0. The van der Waals surface area contributed by atoms with E-state index in [1.165, 1.54) is 6.20 Å². The summed E-state index contributed by atoms with van der Waals surface area (Å²) in [5.74, 6) is 0.211. The monoisotopic (exact) mass is 270 g/mol. The lowest BCUT2D eigenvalue weighted by molar-refractivity contribution is 1.19. The molecule has 1 aromatic carbocycles. The van der Waals surface area contributed by atoms with Gasteiger partial charge in [-0.3, -0.25) is 4.98 Å². The largest absolute Gasteiger partial charge is 0.368 e. The third-order valence-electron chi connectivity index (χ3n) is 3.00. The quantitative estimate of drug-likeness (QED) is 0.737. The van der Waals surface area contributed by atoms with Crippen LogP contribution in [0.3, 0.4) is 0 Å². The number of rotatable bonds is 1. The highest BCUT2D eigenvalue weighted by atomic mass is 35.5. The van der Waals surface area contributed by atoms with Gasteiger partial charge in [-0.05, 0) is 30.7 Å². The van der Waals surface area contributed by atoms with Crippen molar-refractivity contribution in [1.82, 2.24) is 15.0 Å². The van der Waals surface area contributed by atoms with Crippen molar-refractivity contribution in [2.45, 2.75) is 6.92 Å². The highest BCUT2D eigenvalue weighted by molar-refractivity contribution is 6.33. The number of nitrogens with two attached hydrogens (primary N) is 1. The number of pyridine rings is 1. The summed E-state index contributed by atoms with van der Waals surface area (Å²) in [4.78, 5) is 12.4. The van der Waals surface area contributed by atoms with E-state index in [4.69, 9.17) is 17.3 Å². The molecule has 0 aliphatic heterocycles. The van der Waals surface area contributed by atoms with E-state index in [1.54, 1.807) is 6.20 Å². The maximum absolute atomic E-state index is 6.13. The van der Waals surface area contributed by atoms with Crippen LogP contribution in [0.25, 0.3) is 22.2 Å². The second kappa shape index (κ2) is 4.48. The zero-order valence-electron chi connectivity index (χ0n) is 10.3. The average Bonchev–Trinajstić information content (AvgIpc) is 2.42. The van der Waals surface area contributed by atoms with Crippen LogP contribution in [-0.4, -0.2) is 15.0 Å². The number of anilines is 1. The Balaban J connectivity index is 2.26. The highest BCUT2D eigenvalue weighted by Gasteiger charge is 2.08. The van der Waals surface area contributed by atoms with Crippen LogP contribution < -0.4 is 5.73 Å². The van der Waals surface area contributed by atoms with Gasteiger partial charge in [-0.1, -0.05) is 17.7 Å². The fourth-order valence-electron chi connectivity index (χ4n) is 2.01. The van der Waals surface area contributed by atoms with Gasteiger partial charge in [0.05, 0.1) is 22.4 Å². The second-order valence-electron chi connectivity index (χ2n) is 4.28. The van der Waals surface area contributed by atoms with E-state index >= 15 is 0 Å². The zero-order valence-corrected chi connectivity index (χ0v) is 11.0.